The molecule has 1 fully saturated rings. The second-order valence-corrected chi connectivity index (χ2v) is 5.46. The number of nitrogens with zero attached hydrogens (tertiary/aromatic N) is 2. The highest BCUT2D eigenvalue weighted by atomic mass is 16.5. The summed E-state index contributed by atoms with van der Waals surface area (Å²) in [5, 5.41) is 1.12. The van der Waals surface area contributed by atoms with E-state index in [-0.39, 0.29) is 0 Å². The first-order valence-corrected chi connectivity index (χ1v) is 7.15. The maximum atomic E-state index is 5.74. The van der Waals surface area contributed by atoms with Gasteiger partial charge in [-0.05, 0) is 37.6 Å². The van der Waals surface area contributed by atoms with Crippen LogP contribution in [-0.2, 0) is 6.54 Å². The smallest absolute Gasteiger partial charge is 0.145 e. The second-order valence-electron chi connectivity index (χ2n) is 5.46. The number of hydrogen-bond acceptors (Lipinski definition) is 4. The van der Waals surface area contributed by atoms with Crippen molar-refractivity contribution >= 4 is 10.9 Å². The molecular formula is C16H21N3O. The molecule has 0 saturated carbocycles. The first kappa shape index (κ1) is 13.3. The number of pyridine rings is 1. The molecule has 3 rings (SSSR count). The number of ether oxygens (including phenoxy) is 1. The van der Waals surface area contributed by atoms with Gasteiger partial charge in [0.2, 0.25) is 0 Å². The first-order chi connectivity index (χ1) is 9.80. The third-order valence-electron chi connectivity index (χ3n) is 4.05. The topological polar surface area (TPSA) is 51.4 Å². The Bertz CT molecular complexity index is 599. The Morgan fingerprint density at radius 2 is 2.25 bits per heavy atom. The van der Waals surface area contributed by atoms with Crippen molar-refractivity contribution in [2.45, 2.75) is 13.0 Å². The highest BCUT2D eigenvalue weighted by Crippen LogP contribution is 2.24. The van der Waals surface area contributed by atoms with E-state index in [4.69, 9.17) is 15.5 Å². The number of hydrogen-bond donors (Lipinski definition) is 1. The summed E-state index contributed by atoms with van der Waals surface area (Å²) >= 11 is 0. The van der Waals surface area contributed by atoms with Gasteiger partial charge in [0, 0.05) is 18.5 Å². The quantitative estimate of drug-likeness (QED) is 0.924. The minimum Gasteiger partial charge on any atom is -0.494 e. The third kappa shape index (κ3) is 2.62. The molecule has 4 heteroatoms. The monoisotopic (exact) mass is 271 g/mol. The van der Waals surface area contributed by atoms with Crippen LogP contribution in [0.5, 0.6) is 5.75 Å². The van der Waals surface area contributed by atoms with Gasteiger partial charge in [-0.1, -0.05) is 18.2 Å². The van der Waals surface area contributed by atoms with Gasteiger partial charge >= 0.3 is 0 Å². The van der Waals surface area contributed by atoms with Crippen molar-refractivity contribution in [3.8, 4) is 5.75 Å². The van der Waals surface area contributed by atoms with E-state index in [0.717, 1.165) is 48.5 Å². The molecule has 2 heterocycles. The number of fused-ring (bicyclic) bond motifs is 1. The van der Waals surface area contributed by atoms with Crippen molar-refractivity contribution in [2.75, 3.05) is 26.7 Å². The molecule has 2 aromatic rings. The van der Waals surface area contributed by atoms with Crippen molar-refractivity contribution in [2.24, 2.45) is 11.7 Å². The van der Waals surface area contributed by atoms with Crippen LogP contribution in [0.15, 0.2) is 30.3 Å². The zero-order valence-electron chi connectivity index (χ0n) is 11.9. The number of aromatic nitrogens is 1. The molecule has 2 N–H and O–H groups in total. The van der Waals surface area contributed by atoms with Crippen LogP contribution in [0.25, 0.3) is 10.9 Å². The van der Waals surface area contributed by atoms with Gasteiger partial charge in [0.1, 0.15) is 11.3 Å². The fourth-order valence-corrected chi connectivity index (χ4v) is 2.89. The summed E-state index contributed by atoms with van der Waals surface area (Å²) < 4.78 is 5.39. The van der Waals surface area contributed by atoms with E-state index < -0.39 is 0 Å². The van der Waals surface area contributed by atoms with Crippen LogP contribution < -0.4 is 10.5 Å². The first-order valence-electron chi connectivity index (χ1n) is 7.15. The average Bonchev–Trinajstić information content (AvgIpc) is 2.94. The largest absolute Gasteiger partial charge is 0.494 e. The highest BCUT2D eigenvalue weighted by molar-refractivity contribution is 5.84. The Morgan fingerprint density at radius 1 is 1.35 bits per heavy atom. The Balaban J connectivity index is 1.82. The normalized spacial score (nSPS) is 19.6. The standard InChI is InChI=1S/C16H21N3O/c1-20-15-4-2-3-13-5-6-14(18-16(13)15)11-19-8-7-12(9-17)10-19/h2-6,12H,7-11,17H2,1H3. The summed E-state index contributed by atoms with van der Waals surface area (Å²) in [6.45, 7) is 3.88. The number of rotatable bonds is 4. The molecule has 1 aliphatic rings. The van der Waals surface area contributed by atoms with E-state index in [1.807, 2.05) is 12.1 Å². The molecular weight excluding hydrogens is 250 g/mol. The van der Waals surface area contributed by atoms with Gasteiger partial charge in [0.05, 0.1) is 12.8 Å². The summed E-state index contributed by atoms with van der Waals surface area (Å²) in [7, 11) is 1.69. The molecule has 0 radical (unpaired) electrons. The molecule has 20 heavy (non-hydrogen) atoms. The molecule has 106 valence electrons. The van der Waals surface area contributed by atoms with E-state index in [9.17, 15) is 0 Å². The second kappa shape index (κ2) is 5.77. The van der Waals surface area contributed by atoms with Crippen LogP contribution in [0.1, 0.15) is 12.1 Å². The van der Waals surface area contributed by atoms with Crippen LogP contribution in [-0.4, -0.2) is 36.6 Å². The molecule has 1 aromatic heterocycles. The van der Waals surface area contributed by atoms with Crippen molar-refractivity contribution in [3.05, 3.63) is 36.0 Å². The van der Waals surface area contributed by atoms with Gasteiger partial charge in [-0.25, -0.2) is 4.98 Å². The molecule has 1 unspecified atom stereocenters. The minimum atomic E-state index is 0.644. The Kier molecular flexibility index (Phi) is 3.85. The van der Waals surface area contributed by atoms with Crippen LogP contribution >= 0.6 is 0 Å². The highest BCUT2D eigenvalue weighted by Gasteiger charge is 2.21. The number of methoxy groups -OCH3 is 1. The van der Waals surface area contributed by atoms with Crippen LogP contribution in [0.4, 0.5) is 0 Å². The minimum absolute atomic E-state index is 0.644. The van der Waals surface area contributed by atoms with E-state index in [1.54, 1.807) is 7.11 Å². The maximum absolute atomic E-state index is 5.74. The lowest BCUT2D eigenvalue weighted by molar-refractivity contribution is 0.314. The molecule has 4 nitrogen and oxygen atoms in total. The Hall–Kier alpha value is -1.65. The van der Waals surface area contributed by atoms with E-state index in [1.165, 1.54) is 6.42 Å². The summed E-state index contributed by atoms with van der Waals surface area (Å²) in [5.41, 5.74) is 7.79. The van der Waals surface area contributed by atoms with Gasteiger partial charge in [-0.3, -0.25) is 4.90 Å². The number of nitrogens with two attached hydrogens (primary N) is 1. The van der Waals surface area contributed by atoms with E-state index in [2.05, 4.69) is 23.1 Å². The summed E-state index contributed by atoms with van der Waals surface area (Å²) in [6, 6.07) is 10.2. The Morgan fingerprint density at radius 3 is 3.00 bits per heavy atom. The number of para-hydroxylation sites is 1. The predicted octanol–water partition coefficient (Wildman–Crippen LogP) is 2.02. The molecule has 0 amide bonds. The lowest BCUT2D eigenvalue weighted by Crippen LogP contribution is -2.23. The van der Waals surface area contributed by atoms with Crippen molar-refractivity contribution < 1.29 is 4.74 Å². The van der Waals surface area contributed by atoms with Gasteiger partial charge in [0.25, 0.3) is 0 Å². The van der Waals surface area contributed by atoms with Crippen molar-refractivity contribution in [1.29, 1.82) is 0 Å². The molecule has 0 bridgehead atoms. The van der Waals surface area contributed by atoms with Crippen molar-refractivity contribution in [3.63, 3.8) is 0 Å². The summed E-state index contributed by atoms with van der Waals surface area (Å²) in [4.78, 5) is 7.19. The molecule has 1 saturated heterocycles. The van der Waals surface area contributed by atoms with Gasteiger partial charge < -0.3 is 10.5 Å². The fourth-order valence-electron chi connectivity index (χ4n) is 2.89. The van der Waals surface area contributed by atoms with Crippen molar-refractivity contribution in [1.82, 2.24) is 9.88 Å². The zero-order chi connectivity index (χ0) is 13.9. The Labute approximate surface area is 119 Å². The maximum Gasteiger partial charge on any atom is 0.145 e. The summed E-state index contributed by atoms with van der Waals surface area (Å²) in [5.74, 6) is 1.48. The molecule has 0 spiro atoms. The van der Waals surface area contributed by atoms with Gasteiger partial charge in [0.15, 0.2) is 0 Å². The van der Waals surface area contributed by atoms with Crippen LogP contribution in [0.3, 0.4) is 0 Å². The third-order valence-corrected chi connectivity index (χ3v) is 4.05. The lowest BCUT2D eigenvalue weighted by atomic mass is 10.1. The lowest BCUT2D eigenvalue weighted by Gasteiger charge is -2.15. The predicted molar refractivity (Wildman–Crippen MR) is 80.7 cm³/mol. The van der Waals surface area contributed by atoms with E-state index in [0.29, 0.717) is 5.92 Å². The average molecular weight is 271 g/mol. The molecule has 0 aliphatic carbocycles. The molecule has 1 aromatic carbocycles. The summed E-state index contributed by atoms with van der Waals surface area (Å²) in [6.07, 6.45) is 1.20. The van der Waals surface area contributed by atoms with Crippen LogP contribution in [0.2, 0.25) is 0 Å². The molecule has 1 atom stereocenters. The van der Waals surface area contributed by atoms with E-state index >= 15 is 0 Å². The van der Waals surface area contributed by atoms with Gasteiger partial charge in [-0.2, -0.15) is 0 Å². The number of likely N-dealkylation sites (tertiary alicyclic amines) is 1. The van der Waals surface area contributed by atoms with Gasteiger partial charge in [-0.15, -0.1) is 0 Å². The number of benzene rings is 1. The SMILES string of the molecule is COc1cccc2ccc(CN3CCC(CN)C3)nc12. The van der Waals surface area contributed by atoms with Crippen LogP contribution in [0, 0.1) is 5.92 Å². The zero-order valence-corrected chi connectivity index (χ0v) is 11.9. The fraction of sp³-hybridized carbons (Fsp3) is 0.438. The molecule has 1 aliphatic heterocycles.